The van der Waals surface area contributed by atoms with Gasteiger partial charge in [-0.05, 0) is 85.5 Å². The number of nitrogens with zero attached hydrogens (tertiary/aromatic N) is 2. The van der Waals surface area contributed by atoms with Crippen LogP contribution in [0.5, 0.6) is 0 Å². The fourth-order valence-electron chi connectivity index (χ4n) is 6.81. The first kappa shape index (κ1) is 67.9. The number of likely N-dealkylation sites (N-methyl/N-ethyl adjacent to an activating group) is 1. The minimum Gasteiger partial charge on any atom is -0.465 e. The largest absolute Gasteiger partial charge is 0.472 e. The molecule has 1 unspecified atom stereocenters. The summed E-state index contributed by atoms with van der Waals surface area (Å²) in [6, 6.07) is -0.174. The van der Waals surface area contributed by atoms with E-state index >= 15 is 0 Å². The Balaban J connectivity index is 4.95. The average Bonchev–Trinajstić information content (AvgIpc) is 3.25. The topological polar surface area (TPSA) is 234 Å². The van der Waals surface area contributed by atoms with Crippen LogP contribution in [0.1, 0.15) is 156 Å². The molecule has 0 aliphatic rings. The normalized spacial score (nSPS) is 13.7. The summed E-state index contributed by atoms with van der Waals surface area (Å²) >= 11 is 0. The van der Waals surface area contributed by atoms with Crippen molar-refractivity contribution in [1.29, 1.82) is 0 Å². The van der Waals surface area contributed by atoms with Crippen LogP contribution in [0, 0.1) is 0 Å². The second kappa shape index (κ2) is 38.4. The molecule has 0 heterocycles. The van der Waals surface area contributed by atoms with Gasteiger partial charge < -0.3 is 49.2 Å². The van der Waals surface area contributed by atoms with E-state index in [-0.39, 0.29) is 39.0 Å². The molecule has 0 aromatic heterocycles. The first-order valence-electron chi connectivity index (χ1n) is 26.4. The van der Waals surface area contributed by atoms with Gasteiger partial charge in [-0.15, -0.1) is 0 Å². The van der Waals surface area contributed by atoms with Crippen LogP contribution >= 0.6 is 7.82 Å². The molecule has 71 heavy (non-hydrogen) atoms. The van der Waals surface area contributed by atoms with Crippen molar-refractivity contribution >= 4 is 51.7 Å². The number of quaternary nitrogens is 1. The van der Waals surface area contributed by atoms with E-state index in [0.29, 0.717) is 62.8 Å². The van der Waals surface area contributed by atoms with Crippen LogP contribution < -0.4 is 16.0 Å². The highest BCUT2D eigenvalue weighted by Gasteiger charge is 2.28. The Morgan fingerprint density at radius 3 is 1.79 bits per heavy atom. The van der Waals surface area contributed by atoms with Gasteiger partial charge in [0.05, 0.1) is 40.9 Å². The molecule has 0 aliphatic carbocycles. The molecule has 0 saturated carbocycles. The molecule has 0 aromatic rings. The predicted molar refractivity (Wildman–Crippen MR) is 279 cm³/mol. The summed E-state index contributed by atoms with van der Waals surface area (Å²) in [6.45, 7) is 14.3. The lowest BCUT2D eigenvalue weighted by atomic mass is 10.0. The van der Waals surface area contributed by atoms with Crippen LogP contribution in [0.15, 0.2) is 0 Å². The Labute approximate surface area is 428 Å². The van der Waals surface area contributed by atoms with Gasteiger partial charge in [0.15, 0.2) is 6.10 Å². The Morgan fingerprint density at radius 2 is 1.23 bits per heavy atom. The summed E-state index contributed by atoms with van der Waals surface area (Å²) in [5.41, 5.74) is -0.795. The second-order valence-electron chi connectivity index (χ2n) is 21.9. The van der Waals surface area contributed by atoms with Crippen LogP contribution in [0.25, 0.3) is 0 Å². The minimum atomic E-state index is -4.48. The fourth-order valence-corrected chi connectivity index (χ4v) is 8.26. The quantitative estimate of drug-likeness (QED) is 0.0113. The van der Waals surface area contributed by atoms with Crippen LogP contribution in [-0.2, 0) is 56.5 Å². The number of esters is 3. The van der Waals surface area contributed by atoms with E-state index in [1.165, 1.54) is 57.8 Å². The minimum absolute atomic E-state index is 0.0314. The third-order valence-electron chi connectivity index (χ3n) is 11.1. The second-order valence-corrected chi connectivity index (χ2v) is 29.0. The van der Waals surface area contributed by atoms with E-state index in [1.54, 1.807) is 20.8 Å². The molecule has 3 atom stereocenters. The highest BCUT2D eigenvalue weighted by Crippen LogP contribution is 2.43. The van der Waals surface area contributed by atoms with Crippen molar-refractivity contribution in [2.45, 2.75) is 200 Å². The molecule has 0 bridgehead atoms. The number of carbonyl (C=O) groups is 6. The summed E-state index contributed by atoms with van der Waals surface area (Å²) in [4.78, 5) is 88.0. The van der Waals surface area contributed by atoms with Crippen LogP contribution in [0.2, 0.25) is 25.7 Å². The maximum Gasteiger partial charge on any atom is 0.472 e. The molecule has 21 heteroatoms. The number of alkyl carbamates (subject to hydrolysis) is 1. The zero-order valence-corrected chi connectivity index (χ0v) is 47.9. The van der Waals surface area contributed by atoms with E-state index in [9.17, 15) is 38.2 Å². The van der Waals surface area contributed by atoms with Gasteiger partial charge >= 0.3 is 31.8 Å². The maximum absolute atomic E-state index is 13.1. The number of nitrogens with one attached hydrogen (secondary N) is 3. The lowest BCUT2D eigenvalue weighted by molar-refractivity contribution is -0.870. The van der Waals surface area contributed by atoms with Crippen LogP contribution in [0.3, 0.4) is 0 Å². The Hall–Kier alpha value is -3.13. The van der Waals surface area contributed by atoms with Crippen molar-refractivity contribution in [3.05, 3.63) is 0 Å². The van der Waals surface area contributed by atoms with Crippen molar-refractivity contribution in [2.24, 2.45) is 0 Å². The van der Waals surface area contributed by atoms with E-state index in [0.717, 1.165) is 25.3 Å². The number of phosphoric ester groups is 1. The van der Waals surface area contributed by atoms with E-state index in [4.69, 9.17) is 28.0 Å². The number of hydrogen-bond acceptors (Lipinski definition) is 14. The molecular weight excluding hydrogens is 954 g/mol. The molecule has 19 nitrogen and oxygen atoms in total. The molecule has 0 rings (SSSR count). The summed E-state index contributed by atoms with van der Waals surface area (Å²) in [5, 5.41) is 7.57. The number of unbranched alkanes of at least 4 members (excludes halogenated alkanes) is 14. The van der Waals surface area contributed by atoms with Crippen LogP contribution in [0.4, 0.5) is 4.79 Å². The van der Waals surface area contributed by atoms with Crippen LogP contribution in [-0.4, -0.2) is 163 Å². The molecule has 416 valence electrons. The molecule has 0 saturated heterocycles. The molecular formula is C50H99N5O14PSi+. The third kappa shape index (κ3) is 45.2. The van der Waals surface area contributed by atoms with E-state index < -0.39 is 82.6 Å². The van der Waals surface area contributed by atoms with Gasteiger partial charge in [-0.3, -0.25) is 33.0 Å². The summed E-state index contributed by atoms with van der Waals surface area (Å²) in [7, 11) is 1.81. The number of rotatable bonds is 43. The molecule has 0 spiro atoms. The number of hydrogen-bond donors (Lipinski definition) is 4. The van der Waals surface area contributed by atoms with Gasteiger partial charge in [-0.25, -0.2) is 9.36 Å². The Kier molecular flexibility index (Phi) is 36.7. The van der Waals surface area contributed by atoms with Gasteiger partial charge in [0.2, 0.25) is 11.8 Å². The highest BCUT2D eigenvalue weighted by atomic mass is 31.2. The highest BCUT2D eigenvalue weighted by molar-refractivity contribution is 7.47. The van der Waals surface area contributed by atoms with Crippen molar-refractivity contribution < 1.29 is 70.7 Å². The summed E-state index contributed by atoms with van der Waals surface area (Å²) in [6.07, 6.45) is 16.4. The third-order valence-corrected chi connectivity index (χ3v) is 13.8. The van der Waals surface area contributed by atoms with Gasteiger partial charge in [0, 0.05) is 20.9 Å². The zero-order chi connectivity index (χ0) is 53.8. The number of amides is 3. The van der Waals surface area contributed by atoms with Crippen molar-refractivity contribution in [1.82, 2.24) is 20.9 Å². The lowest BCUT2D eigenvalue weighted by Gasteiger charge is -2.24. The smallest absolute Gasteiger partial charge is 0.465 e. The first-order valence-corrected chi connectivity index (χ1v) is 31.6. The molecule has 3 amide bonds. The number of carbonyl (C=O) groups excluding carboxylic acids is 6. The summed E-state index contributed by atoms with van der Waals surface area (Å²) < 4.78 is 45.0. The van der Waals surface area contributed by atoms with E-state index in [2.05, 4.69) is 47.4 Å². The van der Waals surface area contributed by atoms with Crippen molar-refractivity contribution in [3.63, 3.8) is 0 Å². The Morgan fingerprint density at radius 1 is 0.676 bits per heavy atom. The van der Waals surface area contributed by atoms with Gasteiger partial charge in [0.1, 0.15) is 37.9 Å². The van der Waals surface area contributed by atoms with Gasteiger partial charge in [0.25, 0.3) is 0 Å². The molecule has 0 aromatic carbocycles. The maximum atomic E-state index is 13.1. The molecule has 4 N–H and O–H groups in total. The monoisotopic (exact) mass is 1050 g/mol. The fraction of sp³-hybridized carbons (Fsp3) is 0.880. The predicted octanol–water partition coefficient (Wildman–Crippen LogP) is 8.04. The van der Waals surface area contributed by atoms with Gasteiger partial charge in [-0.1, -0.05) is 104 Å². The van der Waals surface area contributed by atoms with Crippen molar-refractivity contribution in [3.8, 4) is 0 Å². The lowest BCUT2D eigenvalue weighted by Crippen LogP contribution is -2.50. The standard InChI is InChI=1S/C50H98N5O14PSi/c1-12-13-14-15-16-17-18-19-20-21-22-23-24-30-45(57)65-40-42(41-67-70(62,63)66-35-34-55(6,7)8)68-46(58)31-26-28-33-54(5)32-27-25-29-43(53-49(61)69-50(2,3)4)48(60)52-38-44(56)51-39-47(59)64-36-37-71(9,10)11/h42-43H,12-41H2,1-11H3,(H3-,51,52,53,56,60,61,62,63)/p+1/t42-,43+/m1/s1. The number of ether oxygens (including phenoxy) is 4. The SMILES string of the molecule is CCCCCCCCCCCCCCCC(=O)OC[C@H](COP(=O)(O)OCC[N+](C)(C)C)OC(=O)CCCCN(C)CCCC[C@H](NC(=O)OC(C)(C)C)C(=O)NCC(=O)NCC(=O)OCC[Si](C)(C)C. The van der Waals surface area contributed by atoms with E-state index in [1.807, 2.05) is 28.2 Å². The zero-order valence-electron chi connectivity index (χ0n) is 46.0. The first-order chi connectivity index (χ1) is 33.2. The Bertz CT molecular complexity index is 1560. The molecule has 0 radical (unpaired) electrons. The molecule has 0 aliphatic heterocycles. The molecule has 0 fully saturated rings. The summed E-state index contributed by atoms with van der Waals surface area (Å²) in [5.74, 6) is -2.72. The van der Waals surface area contributed by atoms with Gasteiger partial charge in [-0.2, -0.15) is 0 Å². The van der Waals surface area contributed by atoms with Crippen molar-refractivity contribution in [2.75, 3.05) is 87.3 Å². The average molecular weight is 1050 g/mol. The number of phosphoric acid groups is 1.